The van der Waals surface area contributed by atoms with E-state index in [2.05, 4.69) is 39.3 Å². The van der Waals surface area contributed by atoms with E-state index in [0.29, 0.717) is 5.41 Å². The Labute approximate surface area is 99.6 Å². The molecule has 1 saturated heterocycles. The molecule has 3 atom stereocenters. The van der Waals surface area contributed by atoms with Gasteiger partial charge in [0.05, 0.1) is 6.10 Å². The molecular formula is C14H25NO. The molecule has 1 aliphatic heterocycles. The van der Waals surface area contributed by atoms with Crippen molar-refractivity contribution in [3.8, 4) is 0 Å². The molecule has 0 aromatic carbocycles. The van der Waals surface area contributed by atoms with E-state index in [4.69, 9.17) is 4.84 Å². The van der Waals surface area contributed by atoms with E-state index in [1.807, 2.05) is 6.08 Å². The molecule has 1 aliphatic carbocycles. The van der Waals surface area contributed by atoms with Crippen LogP contribution in [0.25, 0.3) is 0 Å². The van der Waals surface area contributed by atoms with Gasteiger partial charge in [-0.05, 0) is 37.5 Å². The largest absolute Gasteiger partial charge is 0.291 e. The van der Waals surface area contributed by atoms with Gasteiger partial charge in [0.2, 0.25) is 0 Å². The SMILES string of the molecule is C=C[C@@H](CC)ON1CC2CCC1(C)C2(C)C. The second kappa shape index (κ2) is 3.85. The highest BCUT2D eigenvalue weighted by molar-refractivity contribution is 5.11. The average Bonchev–Trinajstić information content (AvgIpc) is 2.58. The molecule has 2 nitrogen and oxygen atoms in total. The smallest absolute Gasteiger partial charge is 0.0969 e. The maximum Gasteiger partial charge on any atom is 0.0969 e. The first-order valence-corrected chi connectivity index (χ1v) is 6.52. The minimum Gasteiger partial charge on any atom is -0.291 e. The van der Waals surface area contributed by atoms with E-state index in [0.717, 1.165) is 18.9 Å². The Morgan fingerprint density at radius 2 is 2.19 bits per heavy atom. The number of hydrogen-bond acceptors (Lipinski definition) is 2. The predicted molar refractivity (Wildman–Crippen MR) is 67.0 cm³/mol. The summed E-state index contributed by atoms with van der Waals surface area (Å²) in [4.78, 5) is 6.10. The Kier molecular flexibility index (Phi) is 2.92. The summed E-state index contributed by atoms with van der Waals surface area (Å²) in [5.41, 5.74) is 0.598. The third-order valence-electron chi connectivity index (χ3n) is 5.25. The van der Waals surface area contributed by atoms with Gasteiger partial charge in [-0.3, -0.25) is 4.84 Å². The van der Waals surface area contributed by atoms with Gasteiger partial charge in [0.25, 0.3) is 0 Å². The zero-order valence-electron chi connectivity index (χ0n) is 11.1. The van der Waals surface area contributed by atoms with Crippen LogP contribution >= 0.6 is 0 Å². The topological polar surface area (TPSA) is 12.5 Å². The highest BCUT2D eigenvalue weighted by Crippen LogP contribution is 2.58. The van der Waals surface area contributed by atoms with Crippen LogP contribution in [0, 0.1) is 11.3 Å². The van der Waals surface area contributed by atoms with E-state index >= 15 is 0 Å². The molecule has 16 heavy (non-hydrogen) atoms. The number of hydrogen-bond donors (Lipinski definition) is 0. The summed E-state index contributed by atoms with van der Waals surface area (Å²) in [6.07, 6.45) is 5.71. The van der Waals surface area contributed by atoms with Crippen LogP contribution in [0.2, 0.25) is 0 Å². The fraction of sp³-hybridized carbons (Fsp3) is 0.857. The van der Waals surface area contributed by atoms with Crippen molar-refractivity contribution in [3.05, 3.63) is 12.7 Å². The van der Waals surface area contributed by atoms with E-state index in [-0.39, 0.29) is 11.6 Å². The number of piperidine rings is 1. The third-order valence-corrected chi connectivity index (χ3v) is 5.25. The van der Waals surface area contributed by atoms with Crippen LogP contribution < -0.4 is 0 Å². The number of rotatable bonds is 4. The summed E-state index contributed by atoms with van der Waals surface area (Å²) in [5.74, 6) is 0.792. The molecule has 0 aromatic heterocycles. The van der Waals surface area contributed by atoms with Crippen LogP contribution in [0.1, 0.15) is 47.0 Å². The lowest BCUT2D eigenvalue weighted by Gasteiger charge is -2.41. The number of fused-ring (bicyclic) bond motifs is 2. The van der Waals surface area contributed by atoms with Crippen molar-refractivity contribution in [2.24, 2.45) is 11.3 Å². The molecule has 2 rings (SSSR count). The maximum absolute atomic E-state index is 6.10. The molecule has 2 aliphatic rings. The minimum absolute atomic E-state index is 0.173. The standard InChI is InChI=1S/C14H25NO/c1-6-12(7-2)16-15-10-11-8-9-14(15,5)13(11,3)4/h6,11-12H,1,7-10H2,2-5H3/t11?,12-,14?/m0/s1. The van der Waals surface area contributed by atoms with Crippen molar-refractivity contribution in [1.29, 1.82) is 0 Å². The summed E-state index contributed by atoms with van der Waals surface area (Å²) in [5, 5.41) is 2.25. The van der Waals surface area contributed by atoms with Crippen molar-refractivity contribution in [2.75, 3.05) is 6.54 Å². The normalized spacial score (nSPS) is 38.9. The van der Waals surface area contributed by atoms with E-state index in [1.165, 1.54) is 12.8 Å². The van der Waals surface area contributed by atoms with Crippen LogP contribution in [0.15, 0.2) is 12.7 Å². The quantitative estimate of drug-likeness (QED) is 0.677. The lowest BCUT2D eigenvalue weighted by molar-refractivity contribution is -0.237. The van der Waals surface area contributed by atoms with Crippen LogP contribution in [-0.4, -0.2) is 23.3 Å². The Morgan fingerprint density at radius 3 is 2.56 bits per heavy atom. The minimum atomic E-state index is 0.173. The predicted octanol–water partition coefficient (Wildman–Crippen LogP) is 3.39. The van der Waals surface area contributed by atoms with Gasteiger partial charge < -0.3 is 0 Å². The van der Waals surface area contributed by atoms with Gasteiger partial charge >= 0.3 is 0 Å². The molecule has 1 saturated carbocycles. The fourth-order valence-electron chi connectivity index (χ4n) is 3.35. The lowest BCUT2D eigenvalue weighted by atomic mass is 9.75. The molecule has 0 N–H and O–H groups in total. The first kappa shape index (κ1) is 12.1. The summed E-state index contributed by atoms with van der Waals surface area (Å²) in [7, 11) is 0. The van der Waals surface area contributed by atoms with E-state index < -0.39 is 0 Å². The average molecular weight is 223 g/mol. The van der Waals surface area contributed by atoms with Crippen molar-refractivity contribution in [1.82, 2.24) is 5.06 Å². The Balaban J connectivity index is 2.12. The molecule has 0 spiro atoms. The fourth-order valence-corrected chi connectivity index (χ4v) is 3.35. The third kappa shape index (κ3) is 1.46. The molecule has 1 heterocycles. The van der Waals surface area contributed by atoms with Crippen molar-refractivity contribution in [2.45, 2.75) is 58.6 Å². The van der Waals surface area contributed by atoms with Gasteiger partial charge in [0, 0.05) is 12.1 Å². The first-order valence-electron chi connectivity index (χ1n) is 6.52. The van der Waals surface area contributed by atoms with Gasteiger partial charge in [-0.2, -0.15) is 5.06 Å². The number of nitrogens with zero attached hydrogens (tertiary/aromatic N) is 1. The highest BCUT2D eigenvalue weighted by Gasteiger charge is 2.61. The Hall–Kier alpha value is -0.340. The molecule has 0 radical (unpaired) electrons. The van der Waals surface area contributed by atoms with Crippen molar-refractivity contribution in [3.63, 3.8) is 0 Å². The second-order valence-electron chi connectivity index (χ2n) is 6.08. The number of hydroxylamine groups is 2. The van der Waals surface area contributed by atoms with E-state index in [1.54, 1.807) is 0 Å². The van der Waals surface area contributed by atoms with E-state index in [9.17, 15) is 0 Å². The van der Waals surface area contributed by atoms with Gasteiger partial charge in [-0.1, -0.05) is 26.8 Å². The maximum atomic E-state index is 6.10. The monoisotopic (exact) mass is 223 g/mol. The molecule has 0 aromatic rings. The summed E-state index contributed by atoms with van der Waals surface area (Å²) in [6.45, 7) is 14.2. The molecular weight excluding hydrogens is 198 g/mol. The summed E-state index contributed by atoms with van der Waals surface area (Å²) in [6, 6.07) is 0. The Morgan fingerprint density at radius 1 is 1.50 bits per heavy atom. The first-order chi connectivity index (χ1) is 7.45. The van der Waals surface area contributed by atoms with Gasteiger partial charge in [0.15, 0.2) is 0 Å². The van der Waals surface area contributed by atoms with Crippen molar-refractivity contribution < 1.29 is 4.84 Å². The van der Waals surface area contributed by atoms with Gasteiger partial charge in [-0.15, -0.1) is 6.58 Å². The van der Waals surface area contributed by atoms with Crippen LogP contribution in [-0.2, 0) is 4.84 Å². The van der Waals surface area contributed by atoms with Crippen LogP contribution in [0.4, 0.5) is 0 Å². The molecule has 0 amide bonds. The zero-order chi connectivity index (χ0) is 12.0. The lowest BCUT2D eigenvalue weighted by Crippen LogP contribution is -2.48. The van der Waals surface area contributed by atoms with Gasteiger partial charge in [-0.25, -0.2) is 0 Å². The Bertz CT molecular complexity index is 286. The van der Waals surface area contributed by atoms with Crippen molar-refractivity contribution >= 4 is 0 Å². The zero-order valence-corrected chi connectivity index (χ0v) is 11.1. The molecule has 92 valence electrons. The molecule has 2 bridgehead atoms. The highest BCUT2D eigenvalue weighted by atomic mass is 16.7. The summed E-state index contributed by atoms with van der Waals surface area (Å²) >= 11 is 0. The van der Waals surface area contributed by atoms with Gasteiger partial charge in [0.1, 0.15) is 0 Å². The van der Waals surface area contributed by atoms with Crippen LogP contribution in [0.5, 0.6) is 0 Å². The second-order valence-corrected chi connectivity index (χ2v) is 6.08. The summed E-state index contributed by atoms with van der Waals surface area (Å²) < 4.78 is 0. The molecule has 2 unspecified atom stereocenters. The molecule has 2 fully saturated rings. The molecule has 2 heteroatoms. The van der Waals surface area contributed by atoms with Crippen LogP contribution in [0.3, 0.4) is 0 Å².